The molecule has 0 spiro atoms. The normalized spacial score (nSPS) is 23.8. The zero-order valence-electron chi connectivity index (χ0n) is 13.0. The molecule has 2 heterocycles. The highest BCUT2D eigenvalue weighted by Crippen LogP contribution is 2.40. The van der Waals surface area contributed by atoms with Gasteiger partial charge in [0.05, 0.1) is 5.56 Å². The number of amides is 1. The lowest BCUT2D eigenvalue weighted by Gasteiger charge is -2.21. The summed E-state index contributed by atoms with van der Waals surface area (Å²) in [5, 5.41) is 13.2. The SMILES string of the molecule is CCC[C@H]1CCc2c(sc(NC(=O)[C@@H]3CCCO3)c2C#N)C1. The molecule has 0 radical (unpaired) electrons. The van der Waals surface area contributed by atoms with E-state index < -0.39 is 0 Å². The quantitative estimate of drug-likeness (QED) is 0.922. The lowest BCUT2D eigenvalue weighted by atomic mass is 9.85. The van der Waals surface area contributed by atoms with Crippen molar-refractivity contribution in [2.45, 2.75) is 58.0 Å². The second-order valence-corrected chi connectivity index (χ2v) is 7.31. The largest absolute Gasteiger partial charge is 0.368 e. The van der Waals surface area contributed by atoms with Crippen molar-refractivity contribution in [2.75, 3.05) is 11.9 Å². The van der Waals surface area contributed by atoms with Gasteiger partial charge in [-0.05, 0) is 43.6 Å². The van der Waals surface area contributed by atoms with E-state index in [1.165, 1.54) is 23.3 Å². The summed E-state index contributed by atoms with van der Waals surface area (Å²) >= 11 is 1.59. The second-order valence-electron chi connectivity index (χ2n) is 6.21. The molecule has 1 aliphatic carbocycles. The van der Waals surface area contributed by atoms with Gasteiger partial charge in [-0.2, -0.15) is 5.26 Å². The molecule has 0 unspecified atom stereocenters. The van der Waals surface area contributed by atoms with Crippen LogP contribution in [-0.4, -0.2) is 18.6 Å². The third-order valence-corrected chi connectivity index (χ3v) is 5.80. The van der Waals surface area contributed by atoms with E-state index >= 15 is 0 Å². The molecule has 22 heavy (non-hydrogen) atoms. The standard InChI is InChI=1S/C17H22N2O2S/c1-2-4-11-6-7-12-13(10-18)17(22-15(12)9-11)19-16(20)14-5-3-8-21-14/h11,14H,2-9H2,1H3,(H,19,20)/t11-,14-/m0/s1. The van der Waals surface area contributed by atoms with Crippen LogP contribution in [0.15, 0.2) is 0 Å². The molecule has 4 nitrogen and oxygen atoms in total. The fraction of sp³-hybridized carbons (Fsp3) is 0.647. The maximum absolute atomic E-state index is 12.2. The molecule has 3 rings (SSSR count). The Balaban J connectivity index is 1.77. The summed E-state index contributed by atoms with van der Waals surface area (Å²) in [6, 6.07) is 2.30. The van der Waals surface area contributed by atoms with Crippen molar-refractivity contribution in [3.63, 3.8) is 0 Å². The van der Waals surface area contributed by atoms with Gasteiger partial charge in [-0.1, -0.05) is 19.8 Å². The molecule has 1 saturated heterocycles. The number of hydrogen-bond donors (Lipinski definition) is 1. The zero-order valence-corrected chi connectivity index (χ0v) is 13.8. The molecule has 1 amide bonds. The molecule has 2 atom stereocenters. The lowest BCUT2D eigenvalue weighted by molar-refractivity contribution is -0.124. The highest BCUT2D eigenvalue weighted by Gasteiger charge is 2.28. The first-order chi connectivity index (χ1) is 10.7. The minimum Gasteiger partial charge on any atom is -0.368 e. The van der Waals surface area contributed by atoms with Gasteiger partial charge in [0.15, 0.2) is 0 Å². The van der Waals surface area contributed by atoms with Crippen LogP contribution >= 0.6 is 11.3 Å². The minimum atomic E-state index is -0.349. The van der Waals surface area contributed by atoms with Crippen LogP contribution in [-0.2, 0) is 22.4 Å². The third-order valence-electron chi connectivity index (χ3n) is 4.63. The number of thiophene rings is 1. The first-order valence-corrected chi connectivity index (χ1v) is 9.01. The summed E-state index contributed by atoms with van der Waals surface area (Å²) in [6.07, 6.45) is 6.99. The van der Waals surface area contributed by atoms with Crippen LogP contribution in [0.25, 0.3) is 0 Å². The first kappa shape index (κ1) is 15.5. The van der Waals surface area contributed by atoms with Crippen molar-refractivity contribution in [1.29, 1.82) is 5.26 Å². The molecule has 0 aromatic carbocycles. The minimum absolute atomic E-state index is 0.0993. The van der Waals surface area contributed by atoms with Gasteiger partial charge in [-0.3, -0.25) is 4.79 Å². The molecular weight excluding hydrogens is 296 g/mol. The summed E-state index contributed by atoms with van der Waals surface area (Å²) in [7, 11) is 0. The first-order valence-electron chi connectivity index (χ1n) is 8.20. The second kappa shape index (κ2) is 6.80. The van der Waals surface area contributed by atoms with Gasteiger partial charge in [0.2, 0.25) is 0 Å². The molecule has 5 heteroatoms. The molecule has 1 N–H and O–H groups in total. The van der Waals surface area contributed by atoms with Crippen LogP contribution in [0.4, 0.5) is 5.00 Å². The van der Waals surface area contributed by atoms with Gasteiger partial charge in [0, 0.05) is 11.5 Å². The van der Waals surface area contributed by atoms with Crippen molar-refractivity contribution in [1.82, 2.24) is 0 Å². The molecule has 1 aromatic heterocycles. The molecular formula is C17H22N2O2S. The third kappa shape index (κ3) is 3.04. The van der Waals surface area contributed by atoms with Crippen molar-refractivity contribution in [2.24, 2.45) is 5.92 Å². The summed E-state index contributed by atoms with van der Waals surface area (Å²) in [5.74, 6) is 0.627. The van der Waals surface area contributed by atoms with Crippen LogP contribution in [0.2, 0.25) is 0 Å². The van der Waals surface area contributed by atoms with Crippen LogP contribution in [0, 0.1) is 17.2 Å². The van der Waals surface area contributed by atoms with Crippen LogP contribution in [0.3, 0.4) is 0 Å². The van der Waals surface area contributed by atoms with Gasteiger partial charge < -0.3 is 10.1 Å². The number of carbonyl (C=O) groups excluding carboxylic acids is 1. The maximum Gasteiger partial charge on any atom is 0.254 e. The van der Waals surface area contributed by atoms with Crippen LogP contribution in [0.5, 0.6) is 0 Å². The van der Waals surface area contributed by atoms with E-state index in [1.807, 2.05) is 0 Å². The molecule has 1 fully saturated rings. The predicted molar refractivity (Wildman–Crippen MR) is 87.1 cm³/mol. The average Bonchev–Trinajstić information content (AvgIpc) is 3.14. The fourth-order valence-electron chi connectivity index (χ4n) is 3.49. The number of anilines is 1. The van der Waals surface area contributed by atoms with E-state index in [1.54, 1.807) is 11.3 Å². The predicted octanol–water partition coefficient (Wildman–Crippen LogP) is 3.64. The summed E-state index contributed by atoms with van der Waals surface area (Å²) in [4.78, 5) is 13.5. The molecule has 2 aliphatic rings. The number of fused-ring (bicyclic) bond motifs is 1. The number of ether oxygens (including phenoxy) is 1. The van der Waals surface area contributed by atoms with E-state index in [9.17, 15) is 10.1 Å². The monoisotopic (exact) mass is 318 g/mol. The van der Waals surface area contributed by atoms with E-state index in [4.69, 9.17) is 4.74 Å². The number of nitrogens with zero attached hydrogens (tertiary/aromatic N) is 1. The number of rotatable bonds is 4. The lowest BCUT2D eigenvalue weighted by Crippen LogP contribution is -2.26. The molecule has 118 valence electrons. The summed E-state index contributed by atoms with van der Waals surface area (Å²) in [5.41, 5.74) is 1.85. The van der Waals surface area contributed by atoms with Crippen molar-refractivity contribution >= 4 is 22.2 Å². The Labute approximate surface area is 135 Å². The molecule has 1 aromatic rings. The Morgan fingerprint density at radius 3 is 3.05 bits per heavy atom. The van der Waals surface area contributed by atoms with Gasteiger partial charge in [0.25, 0.3) is 5.91 Å². The Morgan fingerprint density at radius 1 is 1.50 bits per heavy atom. The number of nitrogens with one attached hydrogen (secondary N) is 1. The topological polar surface area (TPSA) is 62.1 Å². The highest BCUT2D eigenvalue weighted by molar-refractivity contribution is 7.16. The van der Waals surface area contributed by atoms with Gasteiger partial charge in [-0.25, -0.2) is 0 Å². The number of carbonyl (C=O) groups is 1. The Bertz CT molecular complexity index is 597. The number of nitriles is 1. The zero-order chi connectivity index (χ0) is 15.5. The highest BCUT2D eigenvalue weighted by atomic mass is 32.1. The number of hydrogen-bond acceptors (Lipinski definition) is 4. The molecule has 1 aliphatic heterocycles. The van der Waals surface area contributed by atoms with E-state index in [-0.39, 0.29) is 12.0 Å². The summed E-state index contributed by atoms with van der Waals surface area (Å²) in [6.45, 7) is 2.88. The van der Waals surface area contributed by atoms with Crippen molar-refractivity contribution in [3.05, 3.63) is 16.0 Å². The van der Waals surface area contributed by atoms with Gasteiger partial charge in [0.1, 0.15) is 17.2 Å². The fourth-order valence-corrected chi connectivity index (χ4v) is 4.81. The summed E-state index contributed by atoms with van der Waals surface area (Å²) < 4.78 is 5.42. The van der Waals surface area contributed by atoms with Crippen LogP contribution < -0.4 is 5.32 Å². The molecule has 0 bridgehead atoms. The van der Waals surface area contributed by atoms with Crippen molar-refractivity contribution < 1.29 is 9.53 Å². The van der Waals surface area contributed by atoms with E-state index in [2.05, 4.69) is 18.3 Å². The van der Waals surface area contributed by atoms with Crippen LogP contribution in [0.1, 0.15) is 55.0 Å². The average molecular weight is 318 g/mol. The Hall–Kier alpha value is -1.38. The van der Waals surface area contributed by atoms with E-state index in [0.29, 0.717) is 12.2 Å². The van der Waals surface area contributed by atoms with E-state index in [0.717, 1.165) is 43.0 Å². The Morgan fingerprint density at radius 2 is 2.36 bits per heavy atom. The maximum atomic E-state index is 12.2. The molecule has 0 saturated carbocycles. The van der Waals surface area contributed by atoms with Crippen molar-refractivity contribution in [3.8, 4) is 6.07 Å². The van der Waals surface area contributed by atoms with Gasteiger partial charge in [-0.15, -0.1) is 11.3 Å². The Kier molecular flexibility index (Phi) is 4.80. The van der Waals surface area contributed by atoms with Gasteiger partial charge >= 0.3 is 0 Å². The smallest absolute Gasteiger partial charge is 0.254 e.